The van der Waals surface area contributed by atoms with E-state index in [0.29, 0.717) is 0 Å². The molecule has 47 heavy (non-hydrogen) atoms. The number of nitrogens with zero attached hydrogens (tertiary/aromatic N) is 2. The molecule has 0 N–H and O–H groups in total. The number of para-hydroxylation sites is 1. The molecule has 10 aromatic rings. The Kier molecular flexibility index (Phi) is 5.95. The van der Waals surface area contributed by atoms with Crippen LogP contribution in [0.4, 0.5) is 0 Å². The Morgan fingerprint density at radius 2 is 0.936 bits per heavy atom. The highest BCUT2D eigenvalue weighted by Gasteiger charge is 2.22. The molecule has 0 amide bonds. The SMILES string of the molecule is c1ccc(-c2ccc(-c3ccc(-c4ccc(-c5nc6c7cccc8ccc9cccc(c9c87)c6n5-c5ccccc5)cc4)s3)s2)cc1. The molecule has 2 nitrogen and oxygen atoms in total. The second kappa shape index (κ2) is 10.5. The highest BCUT2D eigenvalue weighted by atomic mass is 32.1. The number of fused-ring (bicyclic) bond motifs is 3. The van der Waals surface area contributed by atoms with Gasteiger partial charge in [-0.2, -0.15) is 0 Å². The maximum atomic E-state index is 5.45. The van der Waals surface area contributed by atoms with E-state index >= 15 is 0 Å². The van der Waals surface area contributed by atoms with E-state index in [0.717, 1.165) is 28.1 Å². The third kappa shape index (κ3) is 4.19. The van der Waals surface area contributed by atoms with Gasteiger partial charge in [-0.05, 0) is 69.1 Å². The van der Waals surface area contributed by atoms with Crippen molar-refractivity contribution < 1.29 is 0 Å². The van der Waals surface area contributed by atoms with Gasteiger partial charge in [0.05, 0.1) is 11.0 Å². The first-order valence-corrected chi connectivity index (χ1v) is 17.4. The van der Waals surface area contributed by atoms with Gasteiger partial charge in [0, 0.05) is 41.5 Å². The van der Waals surface area contributed by atoms with Crippen LogP contribution in [0.5, 0.6) is 0 Å². The molecular weight excluding hydrogens is 609 g/mol. The number of hydrogen-bond acceptors (Lipinski definition) is 3. The summed E-state index contributed by atoms with van der Waals surface area (Å²) in [4.78, 5) is 10.6. The molecule has 0 bridgehead atoms. The van der Waals surface area contributed by atoms with Gasteiger partial charge in [0.25, 0.3) is 0 Å². The van der Waals surface area contributed by atoms with Crippen molar-refractivity contribution in [1.82, 2.24) is 9.55 Å². The molecule has 0 radical (unpaired) electrons. The summed E-state index contributed by atoms with van der Waals surface area (Å²) in [5.74, 6) is 0.952. The Morgan fingerprint density at radius 3 is 1.60 bits per heavy atom. The van der Waals surface area contributed by atoms with Crippen LogP contribution < -0.4 is 0 Å². The minimum atomic E-state index is 0.952. The van der Waals surface area contributed by atoms with Gasteiger partial charge in [-0.3, -0.25) is 4.57 Å². The van der Waals surface area contributed by atoms with Gasteiger partial charge < -0.3 is 0 Å². The van der Waals surface area contributed by atoms with Gasteiger partial charge in [-0.1, -0.05) is 121 Å². The van der Waals surface area contributed by atoms with E-state index in [1.807, 2.05) is 22.7 Å². The summed E-state index contributed by atoms with van der Waals surface area (Å²) >= 11 is 3.70. The average molecular weight is 635 g/mol. The average Bonchev–Trinajstić information content (AvgIpc) is 3.91. The minimum absolute atomic E-state index is 0.952. The van der Waals surface area contributed by atoms with Crippen molar-refractivity contribution in [2.24, 2.45) is 0 Å². The molecule has 0 aliphatic rings. The van der Waals surface area contributed by atoms with Crippen molar-refractivity contribution in [3.05, 3.63) is 158 Å². The zero-order chi connectivity index (χ0) is 30.9. The molecule has 0 fully saturated rings. The largest absolute Gasteiger partial charge is 0.292 e. The Morgan fingerprint density at radius 1 is 0.404 bits per heavy atom. The van der Waals surface area contributed by atoms with Gasteiger partial charge in [0.1, 0.15) is 5.82 Å². The predicted octanol–water partition coefficient (Wildman–Crippen LogP) is 12.7. The monoisotopic (exact) mass is 634 g/mol. The maximum absolute atomic E-state index is 5.45. The molecule has 0 aliphatic heterocycles. The molecule has 3 heterocycles. The van der Waals surface area contributed by atoms with E-state index in [4.69, 9.17) is 4.98 Å². The molecular formula is C43H26N2S2. The van der Waals surface area contributed by atoms with Crippen molar-refractivity contribution in [3.8, 4) is 47.7 Å². The summed E-state index contributed by atoms with van der Waals surface area (Å²) in [7, 11) is 0. The summed E-state index contributed by atoms with van der Waals surface area (Å²) in [6.07, 6.45) is 0. The summed E-state index contributed by atoms with van der Waals surface area (Å²) in [6.45, 7) is 0. The molecule has 0 saturated carbocycles. The quantitative estimate of drug-likeness (QED) is 0.172. The Bertz CT molecular complexity index is 2710. The van der Waals surface area contributed by atoms with Gasteiger partial charge in [0.15, 0.2) is 0 Å². The lowest BCUT2D eigenvalue weighted by Crippen LogP contribution is -1.98. The molecule has 0 atom stereocenters. The molecule has 220 valence electrons. The summed E-state index contributed by atoms with van der Waals surface area (Å²) < 4.78 is 2.36. The number of rotatable bonds is 5. The lowest BCUT2D eigenvalue weighted by molar-refractivity contribution is 1.11. The van der Waals surface area contributed by atoms with Crippen molar-refractivity contribution in [3.63, 3.8) is 0 Å². The van der Waals surface area contributed by atoms with Crippen molar-refractivity contribution in [2.45, 2.75) is 0 Å². The van der Waals surface area contributed by atoms with Gasteiger partial charge >= 0.3 is 0 Å². The molecule has 10 rings (SSSR count). The van der Waals surface area contributed by atoms with Crippen LogP contribution in [0.2, 0.25) is 0 Å². The van der Waals surface area contributed by atoms with Gasteiger partial charge in [0.2, 0.25) is 0 Å². The van der Waals surface area contributed by atoms with Gasteiger partial charge in [-0.25, -0.2) is 4.98 Å². The van der Waals surface area contributed by atoms with E-state index in [-0.39, 0.29) is 0 Å². The molecule has 0 spiro atoms. The molecule has 0 unspecified atom stereocenters. The smallest absolute Gasteiger partial charge is 0.145 e. The molecule has 0 saturated heterocycles. The van der Waals surface area contributed by atoms with Crippen LogP contribution in [-0.2, 0) is 0 Å². The summed E-state index contributed by atoms with van der Waals surface area (Å²) in [5.41, 5.74) is 6.88. The van der Waals surface area contributed by atoms with Crippen LogP contribution in [0.15, 0.2) is 158 Å². The Labute approximate surface area is 279 Å². The zero-order valence-electron chi connectivity index (χ0n) is 25.2. The Hall–Kier alpha value is -5.55. The fourth-order valence-electron chi connectivity index (χ4n) is 7.07. The summed E-state index contributed by atoms with van der Waals surface area (Å²) in [5, 5.41) is 7.54. The molecule has 4 heteroatoms. The van der Waals surface area contributed by atoms with Crippen molar-refractivity contribution in [2.75, 3.05) is 0 Å². The zero-order valence-corrected chi connectivity index (χ0v) is 26.9. The fourth-order valence-corrected chi connectivity index (χ4v) is 9.18. The fraction of sp³-hybridized carbons (Fsp3) is 0. The van der Waals surface area contributed by atoms with Crippen LogP contribution in [0.1, 0.15) is 0 Å². The minimum Gasteiger partial charge on any atom is -0.292 e. The number of hydrogen-bond donors (Lipinski definition) is 0. The number of aromatic nitrogens is 2. The second-order valence-electron chi connectivity index (χ2n) is 11.9. The van der Waals surface area contributed by atoms with Crippen LogP contribution in [0, 0.1) is 0 Å². The lowest BCUT2D eigenvalue weighted by atomic mass is 9.93. The molecule has 7 aromatic carbocycles. The number of thiophene rings is 2. The van der Waals surface area contributed by atoms with Crippen LogP contribution in [-0.4, -0.2) is 9.55 Å². The summed E-state index contributed by atoms with van der Waals surface area (Å²) in [6, 6.07) is 56.9. The maximum Gasteiger partial charge on any atom is 0.145 e. The second-order valence-corrected chi connectivity index (χ2v) is 14.1. The Balaban J connectivity index is 1.11. The van der Waals surface area contributed by atoms with Crippen molar-refractivity contribution in [1.29, 1.82) is 0 Å². The van der Waals surface area contributed by atoms with E-state index in [9.17, 15) is 0 Å². The van der Waals surface area contributed by atoms with Crippen LogP contribution >= 0.6 is 22.7 Å². The first kappa shape index (κ1) is 26.6. The van der Waals surface area contributed by atoms with Crippen LogP contribution in [0.25, 0.3) is 91.1 Å². The highest BCUT2D eigenvalue weighted by molar-refractivity contribution is 7.25. The third-order valence-corrected chi connectivity index (χ3v) is 11.7. The third-order valence-electron chi connectivity index (χ3n) is 9.23. The lowest BCUT2D eigenvalue weighted by Gasteiger charge is -2.14. The first-order valence-electron chi connectivity index (χ1n) is 15.8. The standard InChI is InChI=1S/C43H26N2S2/c1-3-9-27(10-4-1)35-23-25-37(46-35)38-26-24-36(47-38)28-17-21-31(22-18-28)43-44-41-33-15-7-11-29-19-20-30-12-8-16-34(40(30)39(29)33)42(41)45(43)32-13-5-2-6-14-32/h1-26H. The van der Waals surface area contributed by atoms with E-state index in [1.165, 1.54) is 63.0 Å². The highest BCUT2D eigenvalue weighted by Crippen LogP contribution is 2.44. The van der Waals surface area contributed by atoms with E-state index in [1.54, 1.807) is 0 Å². The van der Waals surface area contributed by atoms with Gasteiger partial charge in [-0.15, -0.1) is 22.7 Å². The van der Waals surface area contributed by atoms with Crippen LogP contribution in [0.3, 0.4) is 0 Å². The van der Waals surface area contributed by atoms with E-state index < -0.39 is 0 Å². The number of imidazole rings is 1. The van der Waals surface area contributed by atoms with Crippen molar-refractivity contribution >= 4 is 66.0 Å². The molecule has 3 aromatic heterocycles. The predicted molar refractivity (Wildman–Crippen MR) is 202 cm³/mol. The molecule has 0 aliphatic carbocycles. The normalized spacial score (nSPS) is 11.8. The number of benzene rings is 7. The van der Waals surface area contributed by atoms with E-state index in [2.05, 4.69) is 162 Å². The topological polar surface area (TPSA) is 17.8 Å². The first-order chi connectivity index (χ1) is 23.3.